The van der Waals surface area contributed by atoms with Crippen molar-refractivity contribution in [3.8, 4) is 0 Å². The van der Waals surface area contributed by atoms with E-state index in [1.165, 1.54) is 0 Å². The molecule has 2 heterocycles. The molecular formula is C22H29N5O3. The number of benzene rings is 1. The van der Waals surface area contributed by atoms with E-state index >= 15 is 0 Å². The van der Waals surface area contributed by atoms with Gasteiger partial charge in [0.2, 0.25) is 12.0 Å². The number of nitrogens with one attached hydrogen (secondary N) is 1. The number of rotatable bonds is 8. The normalized spacial score (nSPS) is 16.7. The highest BCUT2D eigenvalue weighted by molar-refractivity contribution is 6.04. The number of nitrogens with zero attached hydrogens (tertiary/aromatic N) is 4. The highest BCUT2D eigenvalue weighted by atomic mass is 16.6. The fourth-order valence-electron chi connectivity index (χ4n) is 3.63. The van der Waals surface area contributed by atoms with Crippen molar-refractivity contribution in [1.82, 2.24) is 20.0 Å². The number of carbonyl (C=O) groups is 2. The highest BCUT2D eigenvalue weighted by Gasteiger charge is 2.35. The van der Waals surface area contributed by atoms with Crippen LogP contribution < -0.4 is 5.32 Å². The molecule has 1 N–H and O–H groups in total. The van der Waals surface area contributed by atoms with Crippen LogP contribution >= 0.6 is 0 Å². The van der Waals surface area contributed by atoms with Crippen molar-refractivity contribution >= 4 is 17.5 Å². The van der Waals surface area contributed by atoms with Gasteiger partial charge in [0, 0.05) is 44.9 Å². The molecule has 0 aliphatic carbocycles. The third-order valence-electron chi connectivity index (χ3n) is 5.44. The van der Waals surface area contributed by atoms with Crippen LogP contribution in [0.1, 0.15) is 37.4 Å². The zero-order valence-corrected chi connectivity index (χ0v) is 17.9. The van der Waals surface area contributed by atoms with Gasteiger partial charge in [-0.25, -0.2) is 0 Å². The highest BCUT2D eigenvalue weighted by Crippen LogP contribution is 2.26. The minimum Gasteiger partial charge on any atom is -0.382 e. The molecule has 0 radical (unpaired) electrons. The molecule has 2 atom stereocenters. The second-order valence-corrected chi connectivity index (χ2v) is 7.82. The maximum absolute atomic E-state index is 13.3. The largest absolute Gasteiger partial charge is 0.382 e. The number of aryl methyl sites for hydroxylation is 1. The SMILES string of the molecule is CNC(=O)CN(CC(c1ccnn1C)C(C)C)C(=O)C1CC(c2ccccc2)=NO1. The molecule has 0 spiro atoms. The summed E-state index contributed by atoms with van der Waals surface area (Å²) in [5, 5.41) is 11.0. The first-order valence-electron chi connectivity index (χ1n) is 10.2. The Morgan fingerprint density at radius 2 is 2.00 bits per heavy atom. The van der Waals surface area contributed by atoms with Gasteiger partial charge in [0.05, 0.1) is 12.3 Å². The van der Waals surface area contributed by atoms with Crippen molar-refractivity contribution < 1.29 is 14.4 Å². The summed E-state index contributed by atoms with van der Waals surface area (Å²) in [7, 11) is 3.45. The summed E-state index contributed by atoms with van der Waals surface area (Å²) in [5.74, 6) is -0.179. The Labute approximate surface area is 176 Å². The zero-order valence-electron chi connectivity index (χ0n) is 17.9. The minimum atomic E-state index is -0.732. The lowest BCUT2D eigenvalue weighted by Gasteiger charge is -2.30. The predicted octanol–water partition coefficient (Wildman–Crippen LogP) is 1.93. The molecule has 160 valence electrons. The van der Waals surface area contributed by atoms with Gasteiger partial charge in [-0.3, -0.25) is 14.3 Å². The summed E-state index contributed by atoms with van der Waals surface area (Å²) >= 11 is 0. The topological polar surface area (TPSA) is 88.8 Å². The second-order valence-electron chi connectivity index (χ2n) is 7.82. The predicted molar refractivity (Wildman–Crippen MR) is 114 cm³/mol. The first-order valence-corrected chi connectivity index (χ1v) is 10.2. The number of aromatic nitrogens is 2. The molecule has 8 heteroatoms. The standard InChI is InChI=1S/C22H29N5O3/c1-15(2)17(19-10-11-24-26(19)4)13-27(14-21(28)23-3)22(29)20-12-18(25-30-20)16-8-6-5-7-9-16/h5-11,15,17,20H,12-14H2,1-4H3,(H,23,28). The van der Waals surface area contributed by atoms with Crippen LogP contribution in [0.2, 0.25) is 0 Å². The smallest absolute Gasteiger partial charge is 0.267 e. The van der Waals surface area contributed by atoms with E-state index in [4.69, 9.17) is 4.84 Å². The van der Waals surface area contributed by atoms with E-state index in [9.17, 15) is 9.59 Å². The van der Waals surface area contributed by atoms with Crippen molar-refractivity contribution in [2.45, 2.75) is 32.3 Å². The van der Waals surface area contributed by atoms with Crippen LogP contribution in [0.15, 0.2) is 47.8 Å². The van der Waals surface area contributed by atoms with Crippen LogP contribution in [0.3, 0.4) is 0 Å². The molecule has 2 amide bonds. The summed E-state index contributed by atoms with van der Waals surface area (Å²) in [6.45, 7) is 4.56. The summed E-state index contributed by atoms with van der Waals surface area (Å²) in [6.07, 6.45) is 1.39. The molecule has 1 aliphatic heterocycles. The average Bonchev–Trinajstić information content (AvgIpc) is 3.40. The maximum atomic E-state index is 13.3. The fourth-order valence-corrected chi connectivity index (χ4v) is 3.63. The molecule has 8 nitrogen and oxygen atoms in total. The Morgan fingerprint density at radius 3 is 2.60 bits per heavy atom. The van der Waals surface area contributed by atoms with Crippen molar-refractivity contribution in [2.75, 3.05) is 20.1 Å². The Kier molecular flexibility index (Phi) is 6.87. The molecule has 30 heavy (non-hydrogen) atoms. The van der Waals surface area contributed by atoms with Gasteiger partial charge >= 0.3 is 0 Å². The molecular weight excluding hydrogens is 382 g/mol. The third-order valence-corrected chi connectivity index (χ3v) is 5.44. The molecule has 2 aromatic rings. The lowest BCUT2D eigenvalue weighted by atomic mass is 9.91. The van der Waals surface area contributed by atoms with E-state index in [1.807, 2.05) is 48.1 Å². The average molecular weight is 412 g/mol. The molecule has 0 saturated carbocycles. The second kappa shape index (κ2) is 9.56. The van der Waals surface area contributed by atoms with E-state index < -0.39 is 6.10 Å². The molecule has 1 aromatic heterocycles. The Balaban J connectivity index is 1.77. The minimum absolute atomic E-state index is 0.0296. The van der Waals surface area contributed by atoms with Crippen LogP contribution in [0, 0.1) is 5.92 Å². The third kappa shape index (κ3) is 4.87. The Bertz CT molecular complexity index is 907. The number of oxime groups is 1. The first-order chi connectivity index (χ1) is 14.4. The number of likely N-dealkylation sites (N-methyl/N-ethyl adjacent to an activating group) is 1. The number of hydrogen-bond acceptors (Lipinski definition) is 5. The molecule has 3 rings (SSSR count). The van der Waals surface area contributed by atoms with E-state index in [-0.39, 0.29) is 30.2 Å². The van der Waals surface area contributed by atoms with Gasteiger partial charge in [0.15, 0.2) is 0 Å². The number of hydrogen-bond donors (Lipinski definition) is 1. The van der Waals surface area contributed by atoms with Gasteiger partial charge in [-0.15, -0.1) is 0 Å². The maximum Gasteiger partial charge on any atom is 0.267 e. The fraction of sp³-hybridized carbons (Fsp3) is 0.455. The summed E-state index contributed by atoms with van der Waals surface area (Å²) in [6, 6.07) is 11.6. The van der Waals surface area contributed by atoms with Gasteiger partial charge in [-0.1, -0.05) is 49.3 Å². The molecule has 2 unspecified atom stereocenters. The Hall–Kier alpha value is -3.16. The van der Waals surface area contributed by atoms with Crippen LogP contribution in [-0.2, 0) is 21.5 Å². The van der Waals surface area contributed by atoms with Gasteiger partial charge in [0.25, 0.3) is 5.91 Å². The molecule has 0 bridgehead atoms. The quantitative estimate of drug-likeness (QED) is 0.719. The van der Waals surface area contributed by atoms with Crippen molar-refractivity contribution in [1.29, 1.82) is 0 Å². The van der Waals surface area contributed by atoms with E-state index in [0.717, 1.165) is 17.0 Å². The van der Waals surface area contributed by atoms with Gasteiger partial charge in [-0.05, 0) is 17.5 Å². The van der Waals surface area contributed by atoms with Crippen LogP contribution in [0.25, 0.3) is 0 Å². The molecule has 1 aliphatic rings. The summed E-state index contributed by atoms with van der Waals surface area (Å²) in [4.78, 5) is 32.5. The van der Waals surface area contributed by atoms with Crippen molar-refractivity contribution in [3.05, 3.63) is 53.9 Å². The van der Waals surface area contributed by atoms with E-state index in [0.29, 0.717) is 13.0 Å². The van der Waals surface area contributed by atoms with Crippen LogP contribution in [-0.4, -0.2) is 58.4 Å². The number of carbonyl (C=O) groups excluding carboxylic acids is 2. The van der Waals surface area contributed by atoms with Gasteiger partial charge in [0.1, 0.15) is 0 Å². The first kappa shape index (κ1) is 21.5. The Morgan fingerprint density at radius 1 is 1.27 bits per heavy atom. The van der Waals surface area contributed by atoms with E-state index in [1.54, 1.807) is 18.1 Å². The van der Waals surface area contributed by atoms with Crippen LogP contribution in [0.4, 0.5) is 0 Å². The van der Waals surface area contributed by atoms with Crippen molar-refractivity contribution in [2.24, 2.45) is 18.1 Å². The number of amides is 2. The summed E-state index contributed by atoms with van der Waals surface area (Å²) < 4.78 is 1.82. The zero-order chi connectivity index (χ0) is 21.7. The van der Waals surface area contributed by atoms with E-state index in [2.05, 4.69) is 29.4 Å². The molecule has 0 saturated heterocycles. The van der Waals surface area contributed by atoms with Crippen LogP contribution in [0.5, 0.6) is 0 Å². The van der Waals surface area contributed by atoms with Gasteiger partial charge in [-0.2, -0.15) is 5.10 Å². The monoisotopic (exact) mass is 411 g/mol. The lowest BCUT2D eigenvalue weighted by Crippen LogP contribution is -2.47. The lowest BCUT2D eigenvalue weighted by molar-refractivity contribution is -0.145. The molecule has 0 fully saturated rings. The molecule has 1 aromatic carbocycles. The van der Waals surface area contributed by atoms with Gasteiger partial charge < -0.3 is 15.1 Å². The summed E-state index contributed by atoms with van der Waals surface area (Å²) in [5.41, 5.74) is 2.69. The van der Waals surface area contributed by atoms with Crippen molar-refractivity contribution in [3.63, 3.8) is 0 Å².